The highest BCUT2D eigenvalue weighted by molar-refractivity contribution is 8.18. The molecule has 2 aliphatic rings. The Morgan fingerprint density at radius 1 is 1.25 bits per heavy atom. The number of nitro groups is 1. The van der Waals surface area contributed by atoms with Crippen LogP contribution in [0.15, 0.2) is 44.6 Å². The van der Waals surface area contributed by atoms with Gasteiger partial charge in [-0.3, -0.25) is 14.9 Å². The fourth-order valence-electron chi connectivity index (χ4n) is 3.08. The molecule has 1 aromatic carbocycles. The standard InChI is InChI=1S/C19H17N3O5S/c1-12-14(3-2-4-15(12)22(24)25)16-6-5-13(27-16)11-17-18(23)20-19(28-17)21-7-9-26-10-8-21/h2-6,11H,7-10H2,1H3/b17-11+. The highest BCUT2D eigenvalue weighted by Crippen LogP contribution is 2.34. The molecule has 8 nitrogen and oxygen atoms in total. The van der Waals surface area contributed by atoms with Gasteiger partial charge in [-0.2, -0.15) is 4.99 Å². The van der Waals surface area contributed by atoms with Crippen LogP contribution < -0.4 is 0 Å². The number of thioether (sulfide) groups is 1. The van der Waals surface area contributed by atoms with Crippen molar-refractivity contribution < 1.29 is 18.9 Å². The molecule has 1 aromatic heterocycles. The summed E-state index contributed by atoms with van der Waals surface area (Å²) in [5.41, 5.74) is 1.22. The minimum atomic E-state index is -0.414. The summed E-state index contributed by atoms with van der Waals surface area (Å²) in [4.78, 5) is 29.6. The van der Waals surface area contributed by atoms with Crippen LogP contribution in [0.1, 0.15) is 11.3 Å². The molecule has 0 unspecified atom stereocenters. The minimum Gasteiger partial charge on any atom is -0.457 e. The average molecular weight is 399 g/mol. The summed E-state index contributed by atoms with van der Waals surface area (Å²) in [6.07, 6.45) is 1.65. The summed E-state index contributed by atoms with van der Waals surface area (Å²) in [5.74, 6) is 0.712. The van der Waals surface area contributed by atoms with Gasteiger partial charge in [0.25, 0.3) is 11.6 Å². The van der Waals surface area contributed by atoms with Gasteiger partial charge in [-0.15, -0.1) is 0 Å². The van der Waals surface area contributed by atoms with Crippen LogP contribution >= 0.6 is 11.8 Å². The molecule has 0 spiro atoms. The summed E-state index contributed by atoms with van der Waals surface area (Å²) in [7, 11) is 0. The summed E-state index contributed by atoms with van der Waals surface area (Å²) in [6, 6.07) is 8.34. The van der Waals surface area contributed by atoms with E-state index >= 15 is 0 Å². The first-order chi connectivity index (χ1) is 13.5. The zero-order valence-electron chi connectivity index (χ0n) is 15.1. The first-order valence-electron chi connectivity index (χ1n) is 8.72. The van der Waals surface area contributed by atoms with E-state index in [2.05, 4.69) is 4.99 Å². The van der Waals surface area contributed by atoms with E-state index < -0.39 is 4.92 Å². The van der Waals surface area contributed by atoms with Crippen molar-refractivity contribution in [1.82, 2.24) is 4.90 Å². The molecule has 1 fully saturated rings. The number of carbonyl (C=O) groups is 1. The summed E-state index contributed by atoms with van der Waals surface area (Å²) in [6.45, 7) is 4.35. The lowest BCUT2D eigenvalue weighted by Gasteiger charge is -2.27. The molecule has 0 saturated carbocycles. The lowest BCUT2D eigenvalue weighted by Crippen LogP contribution is -2.38. The molecule has 0 N–H and O–H groups in total. The highest BCUT2D eigenvalue weighted by atomic mass is 32.2. The van der Waals surface area contributed by atoms with Crippen molar-refractivity contribution in [1.29, 1.82) is 0 Å². The number of carbonyl (C=O) groups excluding carboxylic acids is 1. The van der Waals surface area contributed by atoms with Gasteiger partial charge in [0.2, 0.25) is 0 Å². The Labute approximate surface area is 165 Å². The summed E-state index contributed by atoms with van der Waals surface area (Å²) >= 11 is 1.32. The average Bonchev–Trinajstić information content (AvgIpc) is 3.30. The molecule has 9 heteroatoms. The van der Waals surface area contributed by atoms with Crippen molar-refractivity contribution in [3.05, 3.63) is 56.7 Å². The van der Waals surface area contributed by atoms with Crippen LogP contribution in [-0.4, -0.2) is 47.2 Å². The predicted octanol–water partition coefficient (Wildman–Crippen LogP) is 3.47. The first kappa shape index (κ1) is 18.5. The van der Waals surface area contributed by atoms with Crippen molar-refractivity contribution in [2.24, 2.45) is 4.99 Å². The first-order valence-corrected chi connectivity index (χ1v) is 9.54. The van der Waals surface area contributed by atoms with Gasteiger partial charge in [0.05, 0.1) is 23.0 Å². The van der Waals surface area contributed by atoms with E-state index in [-0.39, 0.29) is 11.6 Å². The number of nitrogens with zero attached hydrogens (tertiary/aromatic N) is 3. The zero-order valence-corrected chi connectivity index (χ0v) is 15.9. The number of nitro benzene ring substituents is 1. The van der Waals surface area contributed by atoms with E-state index in [4.69, 9.17) is 9.15 Å². The van der Waals surface area contributed by atoms with E-state index in [1.807, 2.05) is 4.90 Å². The predicted molar refractivity (Wildman–Crippen MR) is 106 cm³/mol. The van der Waals surface area contributed by atoms with E-state index in [1.165, 1.54) is 17.8 Å². The third kappa shape index (κ3) is 3.58. The van der Waals surface area contributed by atoms with E-state index in [0.29, 0.717) is 59.0 Å². The Hall–Kier alpha value is -2.91. The van der Waals surface area contributed by atoms with Gasteiger partial charge in [0.15, 0.2) is 5.17 Å². The molecular formula is C19H17N3O5S. The normalized spacial score (nSPS) is 18.6. The molecular weight excluding hydrogens is 382 g/mol. The number of hydrogen-bond donors (Lipinski definition) is 0. The van der Waals surface area contributed by atoms with Crippen LogP contribution in [0.4, 0.5) is 5.69 Å². The number of amidine groups is 1. The molecule has 0 atom stereocenters. The van der Waals surface area contributed by atoms with Crippen molar-refractivity contribution in [3.63, 3.8) is 0 Å². The number of ether oxygens (including phenoxy) is 1. The quantitative estimate of drug-likeness (QED) is 0.443. The van der Waals surface area contributed by atoms with E-state index in [1.54, 1.807) is 37.3 Å². The molecule has 144 valence electrons. The second-order valence-corrected chi connectivity index (χ2v) is 7.33. The number of benzene rings is 1. The molecule has 2 aliphatic heterocycles. The lowest BCUT2D eigenvalue weighted by molar-refractivity contribution is -0.385. The van der Waals surface area contributed by atoms with Crippen LogP contribution in [0, 0.1) is 17.0 Å². The van der Waals surface area contributed by atoms with Crippen molar-refractivity contribution in [2.75, 3.05) is 26.3 Å². The fourth-order valence-corrected chi connectivity index (χ4v) is 4.03. The van der Waals surface area contributed by atoms with E-state index in [9.17, 15) is 14.9 Å². The second-order valence-electron chi connectivity index (χ2n) is 6.32. The molecule has 0 aliphatic carbocycles. The molecule has 1 amide bonds. The maximum atomic E-state index is 12.2. The molecule has 28 heavy (non-hydrogen) atoms. The van der Waals surface area contributed by atoms with Gasteiger partial charge < -0.3 is 14.1 Å². The van der Waals surface area contributed by atoms with Crippen LogP contribution in [0.3, 0.4) is 0 Å². The molecule has 3 heterocycles. The maximum Gasteiger partial charge on any atom is 0.286 e. The molecule has 2 aromatic rings. The maximum absolute atomic E-state index is 12.2. The third-order valence-corrected chi connectivity index (χ3v) is 5.60. The molecule has 1 saturated heterocycles. The van der Waals surface area contributed by atoms with Gasteiger partial charge in [0.1, 0.15) is 11.5 Å². The smallest absolute Gasteiger partial charge is 0.286 e. The highest BCUT2D eigenvalue weighted by Gasteiger charge is 2.27. The topological polar surface area (TPSA) is 98.2 Å². The summed E-state index contributed by atoms with van der Waals surface area (Å²) in [5, 5.41) is 11.8. The van der Waals surface area contributed by atoms with Gasteiger partial charge in [-0.05, 0) is 30.8 Å². The van der Waals surface area contributed by atoms with Gasteiger partial charge >= 0.3 is 0 Å². The zero-order chi connectivity index (χ0) is 19.7. The van der Waals surface area contributed by atoms with Gasteiger partial charge in [-0.25, -0.2) is 0 Å². The monoisotopic (exact) mass is 399 g/mol. The van der Waals surface area contributed by atoms with Crippen LogP contribution in [-0.2, 0) is 9.53 Å². The molecule has 4 rings (SSSR count). The Bertz CT molecular complexity index is 1000. The number of amides is 1. The van der Waals surface area contributed by atoms with Crippen molar-refractivity contribution in [2.45, 2.75) is 6.92 Å². The fraction of sp³-hybridized carbons (Fsp3) is 0.263. The molecule has 0 bridgehead atoms. The van der Waals surface area contributed by atoms with Gasteiger partial charge in [-0.1, -0.05) is 12.1 Å². The second kappa shape index (κ2) is 7.61. The number of hydrogen-bond acceptors (Lipinski definition) is 7. The Kier molecular flexibility index (Phi) is 5.01. The van der Waals surface area contributed by atoms with Crippen LogP contribution in [0.25, 0.3) is 17.4 Å². The van der Waals surface area contributed by atoms with Crippen molar-refractivity contribution >= 4 is 34.6 Å². The Morgan fingerprint density at radius 2 is 2.04 bits per heavy atom. The largest absolute Gasteiger partial charge is 0.457 e. The summed E-state index contributed by atoms with van der Waals surface area (Å²) < 4.78 is 11.2. The lowest BCUT2D eigenvalue weighted by atomic mass is 10.1. The number of aliphatic imine (C=N–C) groups is 1. The molecule has 0 radical (unpaired) electrons. The van der Waals surface area contributed by atoms with E-state index in [0.717, 1.165) is 0 Å². The Morgan fingerprint density at radius 3 is 2.79 bits per heavy atom. The Balaban J connectivity index is 1.55. The number of furan rings is 1. The van der Waals surface area contributed by atoms with Crippen LogP contribution in [0.5, 0.6) is 0 Å². The SMILES string of the molecule is Cc1c(-c2ccc(/C=C3/SC(N4CCOCC4)=NC3=O)o2)cccc1[N+](=O)[O-]. The number of rotatable bonds is 3. The van der Waals surface area contributed by atoms with Gasteiger partial charge in [0, 0.05) is 36.4 Å². The van der Waals surface area contributed by atoms with Crippen molar-refractivity contribution in [3.8, 4) is 11.3 Å². The minimum absolute atomic E-state index is 0.0406. The van der Waals surface area contributed by atoms with Crippen LogP contribution in [0.2, 0.25) is 0 Å². The third-order valence-electron chi connectivity index (χ3n) is 4.56. The number of morpholine rings is 1.